The third kappa shape index (κ3) is 2.96. The SMILES string of the molecule is COc1cc(C(F)(F)F)ccc1C(=O)C1CC2CCC(C1)N2C. The van der Waals surface area contributed by atoms with Crippen LogP contribution in [0.15, 0.2) is 18.2 Å². The first-order chi connectivity index (χ1) is 10.8. The van der Waals surface area contributed by atoms with Crippen molar-refractivity contribution in [2.45, 2.75) is 43.9 Å². The van der Waals surface area contributed by atoms with Crippen LogP contribution < -0.4 is 4.74 Å². The lowest BCUT2D eigenvalue weighted by Crippen LogP contribution is -2.42. The van der Waals surface area contributed by atoms with E-state index in [0.29, 0.717) is 12.1 Å². The van der Waals surface area contributed by atoms with E-state index in [2.05, 4.69) is 11.9 Å². The Morgan fingerprint density at radius 1 is 1.22 bits per heavy atom. The fourth-order valence-electron chi connectivity index (χ4n) is 3.92. The van der Waals surface area contributed by atoms with E-state index >= 15 is 0 Å². The second-order valence-corrected chi connectivity index (χ2v) is 6.50. The van der Waals surface area contributed by atoms with Gasteiger partial charge in [-0.1, -0.05) is 0 Å². The van der Waals surface area contributed by atoms with E-state index in [-0.39, 0.29) is 23.0 Å². The van der Waals surface area contributed by atoms with Gasteiger partial charge in [0.1, 0.15) is 5.75 Å². The van der Waals surface area contributed by atoms with Gasteiger partial charge in [-0.15, -0.1) is 0 Å². The maximum absolute atomic E-state index is 12.8. The molecule has 2 unspecified atom stereocenters. The zero-order valence-corrected chi connectivity index (χ0v) is 13.2. The number of halogens is 3. The Kier molecular flexibility index (Phi) is 4.12. The van der Waals surface area contributed by atoms with Gasteiger partial charge < -0.3 is 9.64 Å². The van der Waals surface area contributed by atoms with Crippen LogP contribution in [-0.4, -0.2) is 36.9 Å². The molecule has 0 aromatic heterocycles. The van der Waals surface area contributed by atoms with Gasteiger partial charge in [-0.05, 0) is 50.9 Å². The van der Waals surface area contributed by atoms with Crippen molar-refractivity contribution in [1.82, 2.24) is 4.90 Å². The first-order valence-corrected chi connectivity index (χ1v) is 7.82. The summed E-state index contributed by atoms with van der Waals surface area (Å²) in [5, 5.41) is 0. The van der Waals surface area contributed by atoms with Crippen LogP contribution in [0.25, 0.3) is 0 Å². The molecule has 2 saturated heterocycles. The molecule has 126 valence electrons. The molecule has 23 heavy (non-hydrogen) atoms. The normalized spacial score (nSPS) is 28.0. The molecule has 6 heteroatoms. The lowest BCUT2D eigenvalue weighted by atomic mass is 9.84. The number of ketones is 1. The fraction of sp³-hybridized carbons (Fsp3) is 0.588. The summed E-state index contributed by atoms with van der Waals surface area (Å²) in [5.41, 5.74) is -0.538. The van der Waals surface area contributed by atoms with E-state index < -0.39 is 11.7 Å². The highest BCUT2D eigenvalue weighted by Gasteiger charge is 2.41. The van der Waals surface area contributed by atoms with Gasteiger partial charge in [0.25, 0.3) is 0 Å². The number of methoxy groups -OCH3 is 1. The smallest absolute Gasteiger partial charge is 0.416 e. The van der Waals surface area contributed by atoms with Crippen molar-refractivity contribution in [2.75, 3.05) is 14.2 Å². The number of benzene rings is 1. The molecule has 2 aliphatic rings. The third-order valence-electron chi connectivity index (χ3n) is 5.26. The van der Waals surface area contributed by atoms with Crippen LogP contribution in [0.2, 0.25) is 0 Å². The Balaban J connectivity index is 1.85. The van der Waals surface area contributed by atoms with E-state index in [9.17, 15) is 18.0 Å². The highest BCUT2D eigenvalue weighted by Crippen LogP contribution is 2.40. The van der Waals surface area contributed by atoms with Crippen LogP contribution in [-0.2, 0) is 6.18 Å². The standard InChI is InChI=1S/C17H20F3NO2/c1-21-12-4-5-13(21)8-10(7-12)16(22)14-6-3-11(17(18,19)20)9-15(14)23-2/h3,6,9-10,12-13H,4-5,7-8H2,1-2H3. The minimum Gasteiger partial charge on any atom is -0.496 e. The molecule has 2 heterocycles. The van der Waals surface area contributed by atoms with Crippen molar-refractivity contribution >= 4 is 5.78 Å². The van der Waals surface area contributed by atoms with Gasteiger partial charge in [-0.2, -0.15) is 13.2 Å². The van der Waals surface area contributed by atoms with Crippen LogP contribution >= 0.6 is 0 Å². The summed E-state index contributed by atoms with van der Waals surface area (Å²) in [5.74, 6) is -0.217. The van der Waals surface area contributed by atoms with E-state index in [1.165, 1.54) is 13.2 Å². The predicted octanol–water partition coefficient (Wildman–Crippen LogP) is 3.77. The summed E-state index contributed by atoms with van der Waals surface area (Å²) >= 11 is 0. The van der Waals surface area contributed by atoms with Gasteiger partial charge in [0.15, 0.2) is 5.78 Å². The first-order valence-electron chi connectivity index (χ1n) is 7.82. The number of Topliss-reactive ketones (excluding diaryl/α,β-unsaturated/α-hetero) is 1. The molecule has 3 rings (SSSR count). The molecule has 0 N–H and O–H groups in total. The number of hydrogen-bond donors (Lipinski definition) is 0. The molecule has 0 saturated carbocycles. The number of piperidine rings is 1. The number of rotatable bonds is 3. The highest BCUT2D eigenvalue weighted by molar-refractivity contribution is 6.00. The lowest BCUT2D eigenvalue weighted by Gasteiger charge is -2.35. The summed E-state index contributed by atoms with van der Waals surface area (Å²) in [6.45, 7) is 0. The maximum atomic E-state index is 12.8. The van der Waals surface area contributed by atoms with Crippen molar-refractivity contribution in [2.24, 2.45) is 5.92 Å². The second kappa shape index (κ2) is 5.82. The van der Waals surface area contributed by atoms with E-state index in [4.69, 9.17) is 4.74 Å². The van der Waals surface area contributed by atoms with Crippen LogP contribution in [0.3, 0.4) is 0 Å². The molecule has 1 aromatic carbocycles. The monoisotopic (exact) mass is 327 g/mol. The van der Waals surface area contributed by atoms with Crippen LogP contribution in [0, 0.1) is 5.92 Å². The molecule has 2 fully saturated rings. The molecular weight excluding hydrogens is 307 g/mol. The van der Waals surface area contributed by atoms with Crippen molar-refractivity contribution < 1.29 is 22.7 Å². The molecule has 0 aliphatic carbocycles. The summed E-state index contributed by atoms with van der Waals surface area (Å²) in [7, 11) is 3.38. The third-order valence-corrected chi connectivity index (χ3v) is 5.26. The zero-order chi connectivity index (χ0) is 16.8. The maximum Gasteiger partial charge on any atom is 0.416 e. The average Bonchev–Trinajstić information content (AvgIpc) is 2.74. The molecule has 2 bridgehead atoms. The van der Waals surface area contributed by atoms with Gasteiger partial charge in [-0.25, -0.2) is 0 Å². The van der Waals surface area contributed by atoms with Crippen molar-refractivity contribution in [3.63, 3.8) is 0 Å². The number of hydrogen-bond acceptors (Lipinski definition) is 3. The van der Waals surface area contributed by atoms with Gasteiger partial charge >= 0.3 is 6.18 Å². The number of fused-ring (bicyclic) bond motifs is 2. The number of carbonyl (C=O) groups excluding carboxylic acids is 1. The van der Waals surface area contributed by atoms with Crippen molar-refractivity contribution in [1.29, 1.82) is 0 Å². The Morgan fingerprint density at radius 3 is 2.35 bits per heavy atom. The molecule has 3 nitrogen and oxygen atoms in total. The molecule has 0 spiro atoms. The predicted molar refractivity (Wildman–Crippen MR) is 79.6 cm³/mol. The molecule has 1 aromatic rings. The van der Waals surface area contributed by atoms with E-state index in [1.807, 2.05) is 0 Å². The second-order valence-electron chi connectivity index (χ2n) is 6.50. The quantitative estimate of drug-likeness (QED) is 0.792. The highest BCUT2D eigenvalue weighted by atomic mass is 19.4. The van der Waals surface area contributed by atoms with Crippen LogP contribution in [0.4, 0.5) is 13.2 Å². The Labute approximate surface area is 133 Å². The molecule has 2 atom stereocenters. The Morgan fingerprint density at radius 2 is 1.83 bits per heavy atom. The number of nitrogens with zero attached hydrogens (tertiary/aromatic N) is 1. The largest absolute Gasteiger partial charge is 0.496 e. The summed E-state index contributed by atoms with van der Waals surface area (Å²) in [4.78, 5) is 15.1. The van der Waals surface area contributed by atoms with E-state index in [1.54, 1.807) is 0 Å². The van der Waals surface area contributed by atoms with Crippen LogP contribution in [0.5, 0.6) is 5.75 Å². The van der Waals surface area contributed by atoms with Gasteiger partial charge in [0.2, 0.25) is 0 Å². The minimum absolute atomic E-state index is 0.0103. The topological polar surface area (TPSA) is 29.5 Å². The number of alkyl halides is 3. The summed E-state index contributed by atoms with van der Waals surface area (Å²) in [6.07, 6.45) is -0.711. The lowest BCUT2D eigenvalue weighted by molar-refractivity contribution is -0.137. The minimum atomic E-state index is -4.44. The van der Waals surface area contributed by atoms with E-state index in [0.717, 1.165) is 37.8 Å². The van der Waals surface area contributed by atoms with Crippen molar-refractivity contribution in [3.05, 3.63) is 29.3 Å². The first kappa shape index (κ1) is 16.3. The Bertz CT molecular complexity index is 600. The summed E-state index contributed by atoms with van der Waals surface area (Å²) < 4.78 is 43.5. The zero-order valence-electron chi connectivity index (χ0n) is 13.2. The van der Waals surface area contributed by atoms with Crippen molar-refractivity contribution in [3.8, 4) is 5.75 Å². The number of carbonyl (C=O) groups is 1. The molecule has 0 radical (unpaired) electrons. The number of ether oxygens (including phenoxy) is 1. The average molecular weight is 327 g/mol. The molecule has 0 amide bonds. The Hall–Kier alpha value is -1.56. The van der Waals surface area contributed by atoms with Crippen LogP contribution in [0.1, 0.15) is 41.6 Å². The van der Waals surface area contributed by atoms with Gasteiger partial charge in [-0.3, -0.25) is 4.79 Å². The summed E-state index contributed by atoms with van der Waals surface area (Å²) in [6, 6.07) is 3.94. The van der Waals surface area contributed by atoms with Gasteiger partial charge in [0.05, 0.1) is 18.2 Å². The molecular formula is C17H20F3NO2. The fourth-order valence-corrected chi connectivity index (χ4v) is 3.92. The van der Waals surface area contributed by atoms with Gasteiger partial charge in [0, 0.05) is 18.0 Å². The molecule has 2 aliphatic heterocycles.